The fourth-order valence-electron chi connectivity index (χ4n) is 2.73. The molecule has 1 unspecified atom stereocenters. The van der Waals surface area contributed by atoms with Crippen LogP contribution in [0.3, 0.4) is 0 Å². The van der Waals surface area contributed by atoms with Crippen LogP contribution in [0.5, 0.6) is 0 Å². The highest BCUT2D eigenvalue weighted by molar-refractivity contribution is 5.83. The number of hydrogen-bond acceptors (Lipinski definition) is 4. The van der Waals surface area contributed by atoms with Gasteiger partial charge in [0.25, 0.3) is 0 Å². The Morgan fingerprint density at radius 1 is 1.12 bits per heavy atom. The van der Waals surface area contributed by atoms with Crippen molar-refractivity contribution in [3.8, 4) is 0 Å². The summed E-state index contributed by atoms with van der Waals surface area (Å²) in [6, 6.07) is 11.8. The fourth-order valence-corrected chi connectivity index (χ4v) is 2.73. The standard InChI is InChI=1S/C20H28N4O/c1-15-10-11-18(23-14-15)21-12-7-13-22-20(25)19(24(3)4)17-9-6-5-8-16(17)2/h5-6,8-11,14,19H,7,12-13H2,1-4H3,(H,21,23)(H,22,25). The van der Waals surface area contributed by atoms with Crippen molar-refractivity contribution in [2.45, 2.75) is 26.3 Å². The molecule has 0 bridgehead atoms. The number of hydrogen-bond donors (Lipinski definition) is 2. The molecule has 2 N–H and O–H groups in total. The van der Waals surface area contributed by atoms with E-state index in [0.717, 1.165) is 35.5 Å². The first kappa shape index (κ1) is 18.9. The van der Waals surface area contributed by atoms with E-state index < -0.39 is 0 Å². The Bertz CT molecular complexity index is 682. The maximum absolute atomic E-state index is 12.6. The van der Waals surface area contributed by atoms with Crippen molar-refractivity contribution in [2.24, 2.45) is 0 Å². The second-order valence-electron chi connectivity index (χ2n) is 6.51. The fraction of sp³-hybridized carbons (Fsp3) is 0.400. The second kappa shape index (κ2) is 9.18. The normalized spacial score (nSPS) is 12.0. The highest BCUT2D eigenvalue weighted by Gasteiger charge is 2.23. The van der Waals surface area contributed by atoms with Crippen LogP contribution in [0.25, 0.3) is 0 Å². The topological polar surface area (TPSA) is 57.3 Å². The number of carbonyl (C=O) groups is 1. The van der Waals surface area contributed by atoms with Gasteiger partial charge >= 0.3 is 0 Å². The Hall–Kier alpha value is -2.40. The largest absolute Gasteiger partial charge is 0.370 e. The van der Waals surface area contributed by atoms with Crippen LogP contribution in [0.1, 0.15) is 29.2 Å². The summed E-state index contributed by atoms with van der Waals surface area (Å²) in [6.45, 7) is 5.46. The molecule has 0 saturated carbocycles. The van der Waals surface area contributed by atoms with Gasteiger partial charge in [-0.1, -0.05) is 30.3 Å². The number of aromatic nitrogens is 1. The van der Waals surface area contributed by atoms with Crippen molar-refractivity contribution in [2.75, 3.05) is 32.5 Å². The quantitative estimate of drug-likeness (QED) is 0.726. The molecule has 0 aliphatic rings. The molecule has 0 aliphatic heterocycles. The van der Waals surface area contributed by atoms with Crippen molar-refractivity contribution < 1.29 is 4.79 Å². The molecule has 1 heterocycles. The lowest BCUT2D eigenvalue weighted by molar-refractivity contribution is -0.125. The number of pyridine rings is 1. The van der Waals surface area contributed by atoms with Gasteiger partial charge in [0, 0.05) is 19.3 Å². The minimum atomic E-state index is -0.270. The van der Waals surface area contributed by atoms with Gasteiger partial charge in [0.2, 0.25) is 5.91 Å². The Balaban J connectivity index is 1.81. The van der Waals surface area contributed by atoms with Crippen LogP contribution in [0.4, 0.5) is 5.82 Å². The van der Waals surface area contributed by atoms with Gasteiger partial charge in [-0.05, 0) is 57.1 Å². The Morgan fingerprint density at radius 2 is 1.88 bits per heavy atom. The van der Waals surface area contributed by atoms with Gasteiger partial charge in [-0.2, -0.15) is 0 Å². The Kier molecular flexibility index (Phi) is 6.95. The van der Waals surface area contributed by atoms with Gasteiger partial charge in [-0.25, -0.2) is 4.98 Å². The number of anilines is 1. The van der Waals surface area contributed by atoms with Crippen molar-refractivity contribution in [1.29, 1.82) is 0 Å². The summed E-state index contributed by atoms with van der Waals surface area (Å²) in [7, 11) is 3.86. The van der Waals surface area contributed by atoms with Crippen LogP contribution in [0, 0.1) is 13.8 Å². The lowest BCUT2D eigenvalue weighted by Gasteiger charge is -2.25. The van der Waals surface area contributed by atoms with Gasteiger partial charge < -0.3 is 10.6 Å². The SMILES string of the molecule is Cc1ccc(NCCCNC(=O)C(c2ccccc2C)N(C)C)nc1. The van der Waals surface area contributed by atoms with Gasteiger partial charge in [-0.3, -0.25) is 9.69 Å². The average molecular weight is 340 g/mol. The molecule has 0 radical (unpaired) electrons. The van der Waals surface area contributed by atoms with Crippen LogP contribution in [0.2, 0.25) is 0 Å². The maximum atomic E-state index is 12.6. The summed E-state index contributed by atoms with van der Waals surface area (Å²) in [6.07, 6.45) is 2.68. The highest BCUT2D eigenvalue weighted by Crippen LogP contribution is 2.21. The predicted octanol–water partition coefficient (Wildman–Crippen LogP) is 2.92. The lowest BCUT2D eigenvalue weighted by Crippen LogP contribution is -2.38. The number of carbonyl (C=O) groups excluding carboxylic acids is 1. The van der Waals surface area contributed by atoms with Crippen LogP contribution in [-0.2, 0) is 4.79 Å². The van der Waals surface area contributed by atoms with Gasteiger partial charge in [-0.15, -0.1) is 0 Å². The van der Waals surface area contributed by atoms with E-state index in [9.17, 15) is 4.79 Å². The average Bonchev–Trinajstić information content (AvgIpc) is 2.58. The van der Waals surface area contributed by atoms with E-state index in [4.69, 9.17) is 0 Å². The zero-order valence-electron chi connectivity index (χ0n) is 15.5. The molecule has 0 saturated heterocycles. The number of rotatable bonds is 8. The number of nitrogens with zero attached hydrogens (tertiary/aromatic N) is 2. The Labute approximate surface area is 150 Å². The van der Waals surface area contributed by atoms with E-state index in [1.807, 2.05) is 75.4 Å². The van der Waals surface area contributed by atoms with E-state index in [1.165, 1.54) is 0 Å². The Morgan fingerprint density at radius 3 is 2.52 bits per heavy atom. The molecule has 2 aromatic rings. The summed E-state index contributed by atoms with van der Waals surface area (Å²) >= 11 is 0. The van der Waals surface area contributed by atoms with E-state index in [0.29, 0.717) is 6.54 Å². The van der Waals surface area contributed by atoms with Gasteiger partial charge in [0.1, 0.15) is 11.9 Å². The van der Waals surface area contributed by atoms with Crippen molar-refractivity contribution in [1.82, 2.24) is 15.2 Å². The molecule has 25 heavy (non-hydrogen) atoms. The van der Waals surface area contributed by atoms with E-state index >= 15 is 0 Å². The third-order valence-electron chi connectivity index (χ3n) is 4.12. The number of likely N-dealkylation sites (N-methyl/N-ethyl adjacent to an activating group) is 1. The molecule has 1 amide bonds. The molecule has 1 aromatic carbocycles. The molecule has 5 nitrogen and oxygen atoms in total. The third kappa shape index (κ3) is 5.57. The van der Waals surface area contributed by atoms with Crippen LogP contribution < -0.4 is 10.6 Å². The molecule has 134 valence electrons. The van der Waals surface area contributed by atoms with Gasteiger partial charge in [0.05, 0.1) is 0 Å². The summed E-state index contributed by atoms with van der Waals surface area (Å²) in [5, 5.41) is 6.31. The second-order valence-corrected chi connectivity index (χ2v) is 6.51. The van der Waals surface area contributed by atoms with Crippen LogP contribution >= 0.6 is 0 Å². The van der Waals surface area contributed by atoms with E-state index in [1.54, 1.807) is 0 Å². The number of benzene rings is 1. The zero-order valence-corrected chi connectivity index (χ0v) is 15.5. The number of aryl methyl sites for hydroxylation is 2. The number of nitrogens with one attached hydrogen (secondary N) is 2. The summed E-state index contributed by atoms with van der Waals surface area (Å²) < 4.78 is 0. The summed E-state index contributed by atoms with van der Waals surface area (Å²) in [4.78, 5) is 18.9. The van der Waals surface area contributed by atoms with Crippen LogP contribution in [-0.4, -0.2) is 43.0 Å². The zero-order chi connectivity index (χ0) is 18.2. The van der Waals surface area contributed by atoms with Crippen molar-refractivity contribution >= 4 is 11.7 Å². The van der Waals surface area contributed by atoms with Crippen molar-refractivity contribution in [3.63, 3.8) is 0 Å². The van der Waals surface area contributed by atoms with Crippen molar-refractivity contribution in [3.05, 3.63) is 59.3 Å². The molecule has 1 atom stereocenters. The first-order valence-electron chi connectivity index (χ1n) is 8.65. The summed E-state index contributed by atoms with van der Waals surface area (Å²) in [5.74, 6) is 0.899. The molecule has 2 rings (SSSR count). The molecule has 0 fully saturated rings. The molecular weight excluding hydrogens is 312 g/mol. The molecular formula is C20H28N4O. The van der Waals surface area contributed by atoms with Crippen LogP contribution in [0.15, 0.2) is 42.6 Å². The summed E-state index contributed by atoms with van der Waals surface area (Å²) in [5.41, 5.74) is 3.32. The van der Waals surface area contributed by atoms with E-state index in [-0.39, 0.29) is 11.9 Å². The molecule has 5 heteroatoms. The molecule has 1 aromatic heterocycles. The third-order valence-corrected chi connectivity index (χ3v) is 4.12. The first-order valence-corrected chi connectivity index (χ1v) is 8.65. The lowest BCUT2D eigenvalue weighted by atomic mass is 10.00. The molecule has 0 spiro atoms. The highest BCUT2D eigenvalue weighted by atomic mass is 16.2. The predicted molar refractivity (Wildman–Crippen MR) is 103 cm³/mol. The molecule has 0 aliphatic carbocycles. The van der Waals surface area contributed by atoms with Gasteiger partial charge in [0.15, 0.2) is 0 Å². The maximum Gasteiger partial charge on any atom is 0.241 e. The first-order chi connectivity index (χ1) is 12.0. The minimum absolute atomic E-state index is 0.0350. The minimum Gasteiger partial charge on any atom is -0.370 e. The monoisotopic (exact) mass is 340 g/mol. The smallest absolute Gasteiger partial charge is 0.241 e. The number of amides is 1. The van der Waals surface area contributed by atoms with E-state index in [2.05, 4.69) is 15.6 Å².